The van der Waals surface area contributed by atoms with Gasteiger partial charge in [-0.1, -0.05) is 25.5 Å². The first kappa shape index (κ1) is 23.3. The molecule has 1 unspecified atom stereocenters. The molecule has 168 valence electrons. The zero-order valence-corrected chi connectivity index (χ0v) is 18.1. The van der Waals surface area contributed by atoms with Gasteiger partial charge in [-0.25, -0.2) is 9.50 Å². The number of rotatable bonds is 7. The molecule has 2 aromatic heterocycles. The molecule has 0 spiro atoms. The minimum Gasteiger partial charge on any atom is -0.349 e. The van der Waals surface area contributed by atoms with E-state index in [0.717, 1.165) is 23.4 Å². The van der Waals surface area contributed by atoms with E-state index in [2.05, 4.69) is 21.5 Å². The second-order valence-corrected chi connectivity index (χ2v) is 7.70. The molecule has 1 N–H and O–H groups in total. The first-order chi connectivity index (χ1) is 15.2. The molecule has 6 nitrogen and oxygen atoms in total. The number of alkyl halides is 3. The summed E-state index contributed by atoms with van der Waals surface area (Å²) in [5.41, 5.74) is 2.92. The standard InChI is InChI=1S/C23H24F3N5O/c1-4-6-20(16-7-5-8-18(11-16)23(24,25)26)30-21(32)10-9-19-14(2)29-22-17(12-27)13-28-31(22)15(19)3/h5,7-8,11,13,20H,4,6,9-10H2,1-3H3,(H,30,32). The largest absolute Gasteiger partial charge is 0.416 e. The number of nitrogens with zero attached hydrogens (tertiary/aromatic N) is 4. The van der Waals surface area contributed by atoms with E-state index >= 15 is 0 Å². The van der Waals surface area contributed by atoms with Crippen LogP contribution in [-0.2, 0) is 17.4 Å². The lowest BCUT2D eigenvalue weighted by molar-refractivity contribution is -0.137. The summed E-state index contributed by atoms with van der Waals surface area (Å²) in [6, 6.07) is 6.64. The van der Waals surface area contributed by atoms with Crippen molar-refractivity contribution in [1.29, 1.82) is 5.26 Å². The number of nitrogens with one attached hydrogen (secondary N) is 1. The highest BCUT2D eigenvalue weighted by molar-refractivity contribution is 5.76. The number of aryl methyl sites for hydroxylation is 2. The summed E-state index contributed by atoms with van der Waals surface area (Å²) in [6.07, 6.45) is -1.19. The number of amides is 1. The molecule has 1 amide bonds. The van der Waals surface area contributed by atoms with E-state index in [1.807, 2.05) is 20.8 Å². The van der Waals surface area contributed by atoms with Gasteiger partial charge in [0, 0.05) is 17.8 Å². The van der Waals surface area contributed by atoms with Crippen molar-refractivity contribution in [2.45, 2.75) is 58.7 Å². The lowest BCUT2D eigenvalue weighted by atomic mass is 9.99. The van der Waals surface area contributed by atoms with Gasteiger partial charge in [0.1, 0.15) is 11.6 Å². The topological polar surface area (TPSA) is 83.1 Å². The number of hydrogen-bond acceptors (Lipinski definition) is 4. The van der Waals surface area contributed by atoms with Crippen molar-refractivity contribution in [2.24, 2.45) is 0 Å². The number of carbonyl (C=O) groups is 1. The van der Waals surface area contributed by atoms with Gasteiger partial charge in [0.05, 0.1) is 17.8 Å². The van der Waals surface area contributed by atoms with Crippen molar-refractivity contribution >= 4 is 11.6 Å². The predicted molar refractivity (Wildman–Crippen MR) is 113 cm³/mol. The van der Waals surface area contributed by atoms with Gasteiger partial charge in [0.2, 0.25) is 5.91 Å². The van der Waals surface area contributed by atoms with Crippen LogP contribution in [0.15, 0.2) is 30.5 Å². The summed E-state index contributed by atoms with van der Waals surface area (Å²) in [7, 11) is 0. The SMILES string of the molecule is CCCC(NC(=O)CCc1c(C)nc2c(C#N)cnn2c1C)c1cccc(C(F)(F)F)c1. The highest BCUT2D eigenvalue weighted by atomic mass is 19.4. The highest BCUT2D eigenvalue weighted by Crippen LogP contribution is 2.31. The Morgan fingerprint density at radius 3 is 2.72 bits per heavy atom. The summed E-state index contributed by atoms with van der Waals surface area (Å²) in [4.78, 5) is 17.1. The Kier molecular flexibility index (Phi) is 6.82. The first-order valence-corrected chi connectivity index (χ1v) is 10.4. The minimum absolute atomic E-state index is 0.153. The smallest absolute Gasteiger partial charge is 0.349 e. The van der Waals surface area contributed by atoms with Gasteiger partial charge in [-0.15, -0.1) is 0 Å². The third-order valence-electron chi connectivity index (χ3n) is 5.46. The van der Waals surface area contributed by atoms with Crippen LogP contribution in [0, 0.1) is 25.2 Å². The molecule has 3 rings (SSSR count). The second-order valence-electron chi connectivity index (χ2n) is 7.70. The summed E-state index contributed by atoms with van der Waals surface area (Å²) < 4.78 is 40.8. The van der Waals surface area contributed by atoms with Gasteiger partial charge in [0.25, 0.3) is 0 Å². The molecule has 1 aromatic carbocycles. The molecule has 0 fully saturated rings. The van der Waals surface area contributed by atoms with Crippen LogP contribution >= 0.6 is 0 Å². The van der Waals surface area contributed by atoms with E-state index in [0.29, 0.717) is 41.7 Å². The molecule has 0 aliphatic rings. The number of nitriles is 1. The Labute approximate surface area is 184 Å². The van der Waals surface area contributed by atoms with Crippen LogP contribution in [0.1, 0.15) is 65.9 Å². The second kappa shape index (κ2) is 9.39. The quantitative estimate of drug-likeness (QED) is 0.567. The Balaban J connectivity index is 1.75. The maximum atomic E-state index is 13.1. The van der Waals surface area contributed by atoms with Gasteiger partial charge in [0.15, 0.2) is 5.65 Å². The molecule has 0 saturated carbocycles. The molecule has 0 aliphatic heterocycles. The van der Waals surface area contributed by atoms with E-state index in [4.69, 9.17) is 0 Å². The monoisotopic (exact) mass is 443 g/mol. The lowest BCUT2D eigenvalue weighted by Crippen LogP contribution is -2.29. The maximum Gasteiger partial charge on any atom is 0.416 e. The summed E-state index contributed by atoms with van der Waals surface area (Å²) in [5, 5.41) is 16.3. The molecule has 9 heteroatoms. The van der Waals surface area contributed by atoms with E-state index in [9.17, 15) is 23.2 Å². The van der Waals surface area contributed by atoms with Crippen LogP contribution in [-0.4, -0.2) is 20.5 Å². The van der Waals surface area contributed by atoms with Gasteiger partial charge in [-0.05, 0) is 49.9 Å². The number of halogens is 3. The van der Waals surface area contributed by atoms with Crippen molar-refractivity contribution in [3.63, 3.8) is 0 Å². The zero-order chi connectivity index (χ0) is 23.5. The summed E-state index contributed by atoms with van der Waals surface area (Å²) >= 11 is 0. The molecule has 0 saturated heterocycles. The van der Waals surface area contributed by atoms with Crippen molar-refractivity contribution in [3.05, 3.63) is 64.1 Å². The molecular weight excluding hydrogens is 419 g/mol. The number of fused-ring (bicyclic) bond motifs is 1. The molecule has 2 heterocycles. The molecule has 32 heavy (non-hydrogen) atoms. The average molecular weight is 443 g/mol. The van der Waals surface area contributed by atoms with Crippen molar-refractivity contribution in [3.8, 4) is 6.07 Å². The fourth-order valence-corrected chi connectivity index (χ4v) is 3.80. The van der Waals surface area contributed by atoms with Crippen LogP contribution in [0.3, 0.4) is 0 Å². The van der Waals surface area contributed by atoms with Crippen molar-refractivity contribution in [1.82, 2.24) is 19.9 Å². The van der Waals surface area contributed by atoms with E-state index in [-0.39, 0.29) is 12.3 Å². The molecule has 0 radical (unpaired) electrons. The fourth-order valence-electron chi connectivity index (χ4n) is 3.80. The molecule has 1 atom stereocenters. The van der Waals surface area contributed by atoms with Crippen LogP contribution in [0.25, 0.3) is 5.65 Å². The van der Waals surface area contributed by atoms with E-state index < -0.39 is 17.8 Å². The number of aromatic nitrogens is 3. The average Bonchev–Trinajstić information content (AvgIpc) is 3.15. The van der Waals surface area contributed by atoms with Gasteiger partial charge in [-0.2, -0.15) is 23.5 Å². The van der Waals surface area contributed by atoms with E-state index in [1.54, 1.807) is 10.6 Å². The van der Waals surface area contributed by atoms with Crippen LogP contribution < -0.4 is 5.32 Å². The Bertz CT molecular complexity index is 1180. The summed E-state index contributed by atoms with van der Waals surface area (Å²) in [6.45, 7) is 5.59. The highest BCUT2D eigenvalue weighted by Gasteiger charge is 2.31. The Hall–Kier alpha value is -3.41. The number of hydrogen-bond donors (Lipinski definition) is 1. The third kappa shape index (κ3) is 4.90. The fraction of sp³-hybridized carbons (Fsp3) is 0.391. The maximum absolute atomic E-state index is 13.1. The van der Waals surface area contributed by atoms with Gasteiger partial charge in [-0.3, -0.25) is 4.79 Å². The molecule has 3 aromatic rings. The van der Waals surface area contributed by atoms with Gasteiger partial charge >= 0.3 is 6.18 Å². The minimum atomic E-state index is -4.44. The van der Waals surface area contributed by atoms with Crippen LogP contribution in [0.2, 0.25) is 0 Å². The lowest BCUT2D eigenvalue weighted by Gasteiger charge is -2.20. The number of carbonyl (C=O) groups excluding carboxylic acids is 1. The predicted octanol–water partition coefficient (Wildman–Crippen LogP) is 4.83. The molecular formula is C23H24F3N5O. The molecule has 0 bridgehead atoms. The van der Waals surface area contributed by atoms with Crippen molar-refractivity contribution in [2.75, 3.05) is 0 Å². The zero-order valence-electron chi connectivity index (χ0n) is 18.1. The Morgan fingerprint density at radius 2 is 2.06 bits per heavy atom. The Morgan fingerprint density at radius 1 is 1.31 bits per heavy atom. The van der Waals surface area contributed by atoms with Crippen LogP contribution in [0.5, 0.6) is 0 Å². The van der Waals surface area contributed by atoms with Crippen molar-refractivity contribution < 1.29 is 18.0 Å². The summed E-state index contributed by atoms with van der Waals surface area (Å²) in [5.74, 6) is -0.252. The van der Waals surface area contributed by atoms with Gasteiger partial charge < -0.3 is 5.32 Å². The number of benzene rings is 1. The third-order valence-corrected chi connectivity index (χ3v) is 5.46. The first-order valence-electron chi connectivity index (χ1n) is 10.4. The normalized spacial score (nSPS) is 12.5. The molecule has 0 aliphatic carbocycles. The van der Waals surface area contributed by atoms with E-state index in [1.165, 1.54) is 12.3 Å². The van der Waals surface area contributed by atoms with Crippen LogP contribution in [0.4, 0.5) is 13.2 Å².